The fourth-order valence-electron chi connectivity index (χ4n) is 2.77. The summed E-state index contributed by atoms with van der Waals surface area (Å²) in [6.07, 6.45) is 1.45. The number of anilines is 2. The number of hydrogen-bond acceptors (Lipinski definition) is 4. The lowest BCUT2D eigenvalue weighted by atomic mass is 10.1. The van der Waals surface area contributed by atoms with Gasteiger partial charge in [0.15, 0.2) is 0 Å². The molecule has 0 spiro atoms. The van der Waals surface area contributed by atoms with Crippen LogP contribution in [0.15, 0.2) is 54.6 Å². The third-order valence-corrected chi connectivity index (χ3v) is 5.03. The van der Waals surface area contributed by atoms with Crippen molar-refractivity contribution in [1.29, 1.82) is 0 Å². The van der Waals surface area contributed by atoms with Gasteiger partial charge in [0.2, 0.25) is 15.9 Å². The van der Waals surface area contributed by atoms with Crippen LogP contribution in [0.2, 0.25) is 0 Å². The fraction of sp³-hybridized carbons (Fsp3) is 0.316. The second-order valence-corrected chi connectivity index (χ2v) is 7.80. The number of ether oxygens (including phenoxy) is 1. The molecular formula is C19H24N2O4S. The SMILES string of the molecule is CC[C@@H](C(=O)Nc1cccc(COC)c1)N(c1ccccc1)S(C)(=O)=O. The van der Waals surface area contributed by atoms with Crippen LogP contribution in [0.5, 0.6) is 0 Å². The predicted molar refractivity (Wildman–Crippen MR) is 104 cm³/mol. The molecule has 0 aliphatic heterocycles. The molecule has 2 rings (SSSR count). The van der Waals surface area contributed by atoms with Gasteiger partial charge in [-0.15, -0.1) is 0 Å². The Morgan fingerprint density at radius 2 is 1.85 bits per heavy atom. The van der Waals surface area contributed by atoms with Crippen LogP contribution >= 0.6 is 0 Å². The molecule has 1 amide bonds. The van der Waals surface area contributed by atoms with Gasteiger partial charge in [-0.1, -0.05) is 37.3 Å². The minimum absolute atomic E-state index is 0.339. The molecule has 2 aromatic rings. The van der Waals surface area contributed by atoms with Gasteiger partial charge in [0, 0.05) is 12.8 Å². The van der Waals surface area contributed by atoms with E-state index in [0.29, 0.717) is 24.4 Å². The summed E-state index contributed by atoms with van der Waals surface area (Å²) < 4.78 is 31.0. The van der Waals surface area contributed by atoms with Crippen molar-refractivity contribution in [3.05, 3.63) is 60.2 Å². The standard InChI is InChI=1S/C19H24N2O4S/c1-4-18(21(26(3,23)24)17-11-6-5-7-12-17)19(22)20-16-10-8-9-15(13-16)14-25-2/h5-13,18H,4,14H2,1-3H3,(H,20,22)/t18-/m0/s1. The normalized spacial score (nSPS) is 12.4. The summed E-state index contributed by atoms with van der Waals surface area (Å²) in [5.41, 5.74) is 1.98. The maximum Gasteiger partial charge on any atom is 0.248 e. The van der Waals surface area contributed by atoms with E-state index in [1.165, 1.54) is 4.31 Å². The van der Waals surface area contributed by atoms with Crippen LogP contribution in [0.3, 0.4) is 0 Å². The molecule has 7 heteroatoms. The van der Waals surface area contributed by atoms with Crippen molar-refractivity contribution in [2.24, 2.45) is 0 Å². The molecule has 2 aromatic carbocycles. The molecule has 1 N–H and O–H groups in total. The van der Waals surface area contributed by atoms with Crippen molar-refractivity contribution < 1.29 is 17.9 Å². The average Bonchev–Trinajstić information content (AvgIpc) is 2.59. The van der Waals surface area contributed by atoms with Gasteiger partial charge in [0.05, 0.1) is 18.6 Å². The number of nitrogens with zero attached hydrogens (tertiary/aromatic N) is 1. The Hall–Kier alpha value is -2.38. The quantitative estimate of drug-likeness (QED) is 0.768. The average molecular weight is 376 g/mol. The van der Waals surface area contributed by atoms with Gasteiger partial charge in [-0.3, -0.25) is 9.10 Å². The van der Waals surface area contributed by atoms with Crippen LogP contribution in [0.1, 0.15) is 18.9 Å². The van der Waals surface area contributed by atoms with Gasteiger partial charge in [-0.05, 0) is 36.2 Å². The summed E-state index contributed by atoms with van der Waals surface area (Å²) in [5, 5.41) is 2.81. The van der Waals surface area contributed by atoms with E-state index in [9.17, 15) is 13.2 Å². The van der Waals surface area contributed by atoms with Crippen molar-refractivity contribution in [2.75, 3.05) is 23.0 Å². The number of para-hydroxylation sites is 1. The highest BCUT2D eigenvalue weighted by atomic mass is 32.2. The van der Waals surface area contributed by atoms with Gasteiger partial charge >= 0.3 is 0 Å². The highest BCUT2D eigenvalue weighted by Gasteiger charge is 2.31. The Kier molecular flexibility index (Phi) is 6.76. The number of nitrogens with one attached hydrogen (secondary N) is 1. The van der Waals surface area contributed by atoms with Crippen LogP contribution in [0.25, 0.3) is 0 Å². The summed E-state index contributed by atoms with van der Waals surface area (Å²) in [7, 11) is -2.03. The third-order valence-electron chi connectivity index (χ3n) is 3.85. The molecule has 6 nitrogen and oxygen atoms in total. The van der Waals surface area contributed by atoms with Crippen molar-refractivity contribution in [1.82, 2.24) is 0 Å². The van der Waals surface area contributed by atoms with Crippen LogP contribution < -0.4 is 9.62 Å². The molecule has 0 unspecified atom stereocenters. The highest BCUT2D eigenvalue weighted by Crippen LogP contribution is 2.23. The summed E-state index contributed by atoms with van der Waals surface area (Å²) in [5.74, 6) is -0.378. The van der Waals surface area contributed by atoms with Crippen LogP contribution in [-0.2, 0) is 26.2 Å². The Bertz CT molecular complexity index is 838. The smallest absolute Gasteiger partial charge is 0.248 e. The lowest BCUT2D eigenvalue weighted by Gasteiger charge is -2.30. The molecule has 0 saturated heterocycles. The molecule has 0 saturated carbocycles. The van der Waals surface area contributed by atoms with Gasteiger partial charge in [0.25, 0.3) is 0 Å². The molecule has 0 aromatic heterocycles. The number of benzene rings is 2. The molecule has 0 heterocycles. The molecule has 0 fully saturated rings. The number of carbonyl (C=O) groups excluding carboxylic acids is 1. The lowest BCUT2D eigenvalue weighted by Crippen LogP contribution is -2.46. The molecule has 140 valence electrons. The van der Waals surface area contributed by atoms with Gasteiger partial charge in [-0.25, -0.2) is 8.42 Å². The van der Waals surface area contributed by atoms with Crippen LogP contribution in [0.4, 0.5) is 11.4 Å². The number of rotatable bonds is 8. The molecule has 0 radical (unpaired) electrons. The number of hydrogen-bond donors (Lipinski definition) is 1. The number of sulfonamides is 1. The zero-order valence-electron chi connectivity index (χ0n) is 15.2. The molecule has 26 heavy (non-hydrogen) atoms. The van der Waals surface area contributed by atoms with E-state index in [4.69, 9.17) is 4.74 Å². The first-order valence-electron chi connectivity index (χ1n) is 8.30. The van der Waals surface area contributed by atoms with Gasteiger partial charge in [-0.2, -0.15) is 0 Å². The second-order valence-electron chi connectivity index (χ2n) is 5.94. The summed E-state index contributed by atoms with van der Waals surface area (Å²) in [6.45, 7) is 2.22. The molecule has 0 aliphatic carbocycles. The van der Waals surface area contributed by atoms with E-state index in [-0.39, 0.29) is 5.91 Å². The first-order valence-corrected chi connectivity index (χ1v) is 10.1. The topological polar surface area (TPSA) is 75.7 Å². The van der Waals surface area contributed by atoms with E-state index < -0.39 is 16.1 Å². The largest absolute Gasteiger partial charge is 0.380 e. The number of carbonyl (C=O) groups is 1. The fourth-order valence-corrected chi connectivity index (χ4v) is 3.98. The van der Waals surface area contributed by atoms with E-state index in [1.807, 2.05) is 12.1 Å². The van der Waals surface area contributed by atoms with Crippen molar-refractivity contribution in [3.63, 3.8) is 0 Å². The van der Waals surface area contributed by atoms with E-state index in [0.717, 1.165) is 11.8 Å². The minimum atomic E-state index is -3.63. The summed E-state index contributed by atoms with van der Waals surface area (Å²) in [6, 6.07) is 15.1. The van der Waals surface area contributed by atoms with Crippen molar-refractivity contribution in [2.45, 2.75) is 26.0 Å². The molecule has 0 bridgehead atoms. The maximum atomic E-state index is 12.8. The zero-order valence-corrected chi connectivity index (χ0v) is 16.0. The Morgan fingerprint density at radius 1 is 1.15 bits per heavy atom. The first kappa shape index (κ1) is 19.9. The highest BCUT2D eigenvalue weighted by molar-refractivity contribution is 7.92. The molecule has 1 atom stereocenters. The molecular weight excluding hydrogens is 352 g/mol. The summed E-state index contributed by atoms with van der Waals surface area (Å²) >= 11 is 0. The second kappa shape index (κ2) is 8.82. The van der Waals surface area contributed by atoms with Gasteiger partial charge < -0.3 is 10.1 Å². The third kappa shape index (κ3) is 5.06. The minimum Gasteiger partial charge on any atom is -0.380 e. The monoisotopic (exact) mass is 376 g/mol. The van der Waals surface area contributed by atoms with Crippen molar-refractivity contribution >= 4 is 27.3 Å². The Labute approximate surface area is 154 Å². The summed E-state index contributed by atoms with van der Waals surface area (Å²) in [4.78, 5) is 12.8. The number of amides is 1. The Balaban J connectivity index is 2.30. The van der Waals surface area contributed by atoms with Crippen molar-refractivity contribution in [3.8, 4) is 0 Å². The lowest BCUT2D eigenvalue weighted by molar-refractivity contribution is -0.117. The Morgan fingerprint density at radius 3 is 2.42 bits per heavy atom. The molecule has 0 aliphatic rings. The van der Waals surface area contributed by atoms with E-state index in [1.54, 1.807) is 56.5 Å². The van der Waals surface area contributed by atoms with E-state index >= 15 is 0 Å². The maximum absolute atomic E-state index is 12.8. The first-order chi connectivity index (χ1) is 12.4. The van der Waals surface area contributed by atoms with Crippen LogP contribution in [0, 0.1) is 0 Å². The number of methoxy groups -OCH3 is 1. The predicted octanol–water partition coefficient (Wildman–Crippen LogP) is 3.02. The van der Waals surface area contributed by atoms with E-state index in [2.05, 4.69) is 5.32 Å². The van der Waals surface area contributed by atoms with Crippen LogP contribution in [-0.4, -0.2) is 33.7 Å². The van der Waals surface area contributed by atoms with Gasteiger partial charge in [0.1, 0.15) is 6.04 Å². The zero-order chi connectivity index (χ0) is 19.2.